The Morgan fingerprint density at radius 1 is 1.70 bits per heavy atom. The van der Waals surface area contributed by atoms with Gasteiger partial charge in [0.2, 0.25) is 0 Å². The van der Waals surface area contributed by atoms with Gasteiger partial charge in [-0.15, -0.1) is 0 Å². The molecule has 10 heavy (non-hydrogen) atoms. The highest BCUT2D eigenvalue weighted by molar-refractivity contribution is 4.88. The highest BCUT2D eigenvalue weighted by Crippen LogP contribution is 2.33. The molecular formula is C8H14N2. The molecule has 0 aliphatic heterocycles. The molecule has 0 bridgehead atoms. The van der Waals surface area contributed by atoms with Crippen molar-refractivity contribution in [1.29, 1.82) is 5.26 Å². The van der Waals surface area contributed by atoms with Gasteiger partial charge in [0.15, 0.2) is 0 Å². The number of nitrogens with one attached hydrogen (secondary N) is 1. The Morgan fingerprint density at radius 3 is 2.80 bits per heavy atom. The van der Waals surface area contributed by atoms with Crippen LogP contribution in [0.3, 0.4) is 0 Å². The minimum atomic E-state index is 0.509. The van der Waals surface area contributed by atoms with E-state index >= 15 is 0 Å². The van der Waals surface area contributed by atoms with Gasteiger partial charge in [-0.05, 0) is 25.2 Å². The van der Waals surface area contributed by atoms with Crippen molar-refractivity contribution in [2.45, 2.75) is 32.2 Å². The zero-order chi connectivity index (χ0) is 7.40. The van der Waals surface area contributed by atoms with Crippen LogP contribution in [0.25, 0.3) is 0 Å². The van der Waals surface area contributed by atoms with Gasteiger partial charge in [0.25, 0.3) is 0 Å². The average Bonchev–Trinajstić information content (AvgIpc) is 2.73. The van der Waals surface area contributed by atoms with Crippen molar-refractivity contribution in [3.8, 4) is 6.07 Å². The van der Waals surface area contributed by atoms with Gasteiger partial charge < -0.3 is 5.32 Å². The van der Waals surface area contributed by atoms with E-state index in [2.05, 4.69) is 18.3 Å². The van der Waals surface area contributed by atoms with Gasteiger partial charge in [-0.3, -0.25) is 0 Å². The summed E-state index contributed by atoms with van der Waals surface area (Å²) in [5.41, 5.74) is 0. The maximum absolute atomic E-state index is 8.30. The van der Waals surface area contributed by atoms with Gasteiger partial charge in [0, 0.05) is 6.04 Å². The molecule has 0 aromatic rings. The van der Waals surface area contributed by atoms with Crippen molar-refractivity contribution in [2.24, 2.45) is 5.92 Å². The Bertz CT molecular complexity index is 133. The van der Waals surface area contributed by atoms with Crippen LogP contribution in [0.1, 0.15) is 26.2 Å². The van der Waals surface area contributed by atoms with E-state index in [1.165, 1.54) is 12.8 Å². The molecule has 0 aromatic heterocycles. The van der Waals surface area contributed by atoms with Gasteiger partial charge in [-0.25, -0.2) is 0 Å². The second-order valence-electron chi connectivity index (χ2n) is 2.89. The lowest BCUT2D eigenvalue weighted by molar-refractivity contribution is 0.473. The van der Waals surface area contributed by atoms with Crippen LogP contribution in [0.4, 0.5) is 0 Å². The predicted molar refractivity (Wildman–Crippen MR) is 40.4 cm³/mol. The minimum absolute atomic E-state index is 0.509. The van der Waals surface area contributed by atoms with Crippen molar-refractivity contribution in [2.75, 3.05) is 6.54 Å². The Kier molecular flexibility index (Phi) is 2.70. The lowest BCUT2D eigenvalue weighted by Crippen LogP contribution is -2.30. The highest BCUT2D eigenvalue weighted by Gasteiger charge is 2.29. The van der Waals surface area contributed by atoms with Crippen LogP contribution in [0.2, 0.25) is 0 Å². The number of hydrogen-bond donors (Lipinski definition) is 1. The normalized spacial score (nSPS) is 20.0. The molecule has 56 valence electrons. The molecule has 0 saturated heterocycles. The molecule has 1 aliphatic carbocycles. The molecule has 0 heterocycles. The van der Waals surface area contributed by atoms with E-state index in [-0.39, 0.29) is 0 Å². The SMILES string of the molecule is CC[C@H](NCC#N)C1CC1. The van der Waals surface area contributed by atoms with Crippen molar-refractivity contribution in [3.05, 3.63) is 0 Å². The highest BCUT2D eigenvalue weighted by atomic mass is 14.9. The Balaban J connectivity index is 2.14. The molecule has 1 atom stereocenters. The lowest BCUT2D eigenvalue weighted by Gasteiger charge is -2.12. The van der Waals surface area contributed by atoms with Crippen molar-refractivity contribution in [1.82, 2.24) is 5.32 Å². The Hall–Kier alpha value is -0.550. The Labute approximate surface area is 62.2 Å². The van der Waals surface area contributed by atoms with E-state index in [0.717, 1.165) is 12.3 Å². The third kappa shape index (κ3) is 2.00. The molecule has 1 rings (SSSR count). The molecule has 0 spiro atoms. The molecule has 1 aliphatic rings. The van der Waals surface area contributed by atoms with Crippen molar-refractivity contribution in [3.63, 3.8) is 0 Å². The van der Waals surface area contributed by atoms with E-state index < -0.39 is 0 Å². The van der Waals surface area contributed by atoms with E-state index in [4.69, 9.17) is 5.26 Å². The number of nitrogens with zero attached hydrogens (tertiary/aromatic N) is 1. The molecule has 0 radical (unpaired) electrons. The molecule has 1 saturated carbocycles. The summed E-state index contributed by atoms with van der Waals surface area (Å²) in [4.78, 5) is 0. The molecular weight excluding hydrogens is 124 g/mol. The summed E-state index contributed by atoms with van der Waals surface area (Å²) in [5, 5.41) is 11.5. The molecule has 2 heteroatoms. The lowest BCUT2D eigenvalue weighted by atomic mass is 10.1. The van der Waals surface area contributed by atoms with Crippen molar-refractivity contribution < 1.29 is 0 Å². The van der Waals surface area contributed by atoms with Gasteiger partial charge in [0.1, 0.15) is 0 Å². The summed E-state index contributed by atoms with van der Waals surface area (Å²) in [6.45, 7) is 2.68. The molecule has 1 N–H and O–H groups in total. The number of nitriles is 1. The largest absolute Gasteiger partial charge is 0.301 e. The topological polar surface area (TPSA) is 35.8 Å². The summed E-state index contributed by atoms with van der Waals surface area (Å²) in [5.74, 6) is 0.873. The Morgan fingerprint density at radius 2 is 2.40 bits per heavy atom. The smallest absolute Gasteiger partial charge is 0.0843 e. The molecule has 0 unspecified atom stereocenters. The summed E-state index contributed by atoms with van der Waals surface area (Å²) in [6.07, 6.45) is 3.88. The monoisotopic (exact) mass is 138 g/mol. The molecule has 1 fully saturated rings. The number of hydrogen-bond acceptors (Lipinski definition) is 2. The average molecular weight is 138 g/mol. The third-order valence-corrected chi connectivity index (χ3v) is 2.07. The van der Waals surface area contributed by atoms with E-state index in [0.29, 0.717) is 12.6 Å². The van der Waals surface area contributed by atoms with Crippen LogP contribution < -0.4 is 5.32 Å². The quantitative estimate of drug-likeness (QED) is 0.594. The first-order chi connectivity index (χ1) is 4.88. The first-order valence-corrected chi connectivity index (χ1v) is 3.98. The fraction of sp³-hybridized carbons (Fsp3) is 0.875. The van der Waals surface area contributed by atoms with E-state index in [9.17, 15) is 0 Å². The van der Waals surface area contributed by atoms with E-state index in [1.807, 2.05) is 0 Å². The van der Waals surface area contributed by atoms with Crippen LogP contribution in [0.15, 0.2) is 0 Å². The maximum Gasteiger partial charge on any atom is 0.0843 e. The van der Waals surface area contributed by atoms with Gasteiger partial charge >= 0.3 is 0 Å². The molecule has 2 nitrogen and oxygen atoms in total. The summed E-state index contributed by atoms with van der Waals surface area (Å²) in [7, 11) is 0. The zero-order valence-electron chi connectivity index (χ0n) is 6.43. The first kappa shape index (κ1) is 7.56. The van der Waals surface area contributed by atoms with Crippen LogP contribution in [0.5, 0.6) is 0 Å². The molecule has 0 aromatic carbocycles. The zero-order valence-corrected chi connectivity index (χ0v) is 6.43. The van der Waals surface area contributed by atoms with Gasteiger partial charge in [-0.1, -0.05) is 6.92 Å². The summed E-state index contributed by atoms with van der Waals surface area (Å²) < 4.78 is 0. The fourth-order valence-corrected chi connectivity index (χ4v) is 1.32. The van der Waals surface area contributed by atoms with Crippen LogP contribution in [0, 0.1) is 17.2 Å². The second-order valence-corrected chi connectivity index (χ2v) is 2.89. The predicted octanol–water partition coefficient (Wildman–Crippen LogP) is 1.29. The summed E-state index contributed by atoms with van der Waals surface area (Å²) >= 11 is 0. The van der Waals surface area contributed by atoms with E-state index in [1.54, 1.807) is 0 Å². The second kappa shape index (κ2) is 3.58. The maximum atomic E-state index is 8.30. The van der Waals surface area contributed by atoms with Crippen molar-refractivity contribution >= 4 is 0 Å². The van der Waals surface area contributed by atoms with Crippen LogP contribution >= 0.6 is 0 Å². The standard InChI is InChI=1S/C8H14N2/c1-2-8(7-3-4-7)10-6-5-9/h7-8,10H,2-4,6H2,1H3/t8-/m0/s1. The molecule has 0 amide bonds. The first-order valence-electron chi connectivity index (χ1n) is 3.98. The van der Waals surface area contributed by atoms with Crippen LogP contribution in [-0.4, -0.2) is 12.6 Å². The minimum Gasteiger partial charge on any atom is -0.301 e. The van der Waals surface area contributed by atoms with Gasteiger partial charge in [0.05, 0.1) is 12.6 Å². The number of rotatable bonds is 4. The summed E-state index contributed by atoms with van der Waals surface area (Å²) in [6, 6.07) is 2.71. The third-order valence-electron chi connectivity index (χ3n) is 2.07. The fourth-order valence-electron chi connectivity index (χ4n) is 1.32. The van der Waals surface area contributed by atoms with Gasteiger partial charge in [-0.2, -0.15) is 5.26 Å². The van der Waals surface area contributed by atoms with Crippen LogP contribution in [-0.2, 0) is 0 Å².